The van der Waals surface area contributed by atoms with Crippen LogP contribution in [0.5, 0.6) is 0 Å². The lowest BCUT2D eigenvalue weighted by Crippen LogP contribution is -2.12. The van der Waals surface area contributed by atoms with Crippen molar-refractivity contribution >= 4 is 0 Å². The summed E-state index contributed by atoms with van der Waals surface area (Å²) in [5.41, 5.74) is 1.58. The van der Waals surface area contributed by atoms with Gasteiger partial charge in [-0.15, -0.1) is 0 Å². The Morgan fingerprint density at radius 1 is 1.08 bits per heavy atom. The highest BCUT2D eigenvalue weighted by atomic mass is 14.8. The Hall–Kier alpha value is -0.720. The van der Waals surface area contributed by atoms with Crippen molar-refractivity contribution in [3.8, 4) is 0 Å². The van der Waals surface area contributed by atoms with Crippen molar-refractivity contribution in [3.05, 3.63) is 23.9 Å². The average Bonchev–Trinajstić information content (AvgIpc) is 2.47. The zero-order chi connectivity index (χ0) is 8.93. The van der Waals surface area contributed by atoms with Gasteiger partial charge in [0.05, 0.1) is 0 Å². The molecule has 0 aromatic heterocycles. The van der Waals surface area contributed by atoms with Gasteiger partial charge in [-0.2, -0.15) is 0 Å². The molecule has 1 heterocycles. The van der Waals surface area contributed by atoms with Crippen LogP contribution < -0.4 is 5.32 Å². The Morgan fingerprint density at radius 2 is 1.85 bits per heavy atom. The second kappa shape index (κ2) is 4.50. The first kappa shape index (κ1) is 8.86. The summed E-state index contributed by atoms with van der Waals surface area (Å²) in [5.74, 6) is 0.862. The maximum absolute atomic E-state index is 3.21. The van der Waals surface area contributed by atoms with Crippen LogP contribution in [0.1, 0.15) is 38.5 Å². The highest BCUT2D eigenvalue weighted by molar-refractivity contribution is 5.25. The van der Waals surface area contributed by atoms with Gasteiger partial charge in [0.25, 0.3) is 0 Å². The molecule has 72 valence electrons. The third kappa shape index (κ3) is 2.36. The quantitative estimate of drug-likeness (QED) is 0.607. The van der Waals surface area contributed by atoms with E-state index in [4.69, 9.17) is 0 Å². The molecule has 0 atom stereocenters. The van der Waals surface area contributed by atoms with Crippen LogP contribution in [-0.4, -0.2) is 6.54 Å². The van der Waals surface area contributed by atoms with Gasteiger partial charge in [0.1, 0.15) is 0 Å². The molecule has 0 aromatic carbocycles. The molecule has 1 nitrogen and oxygen atoms in total. The van der Waals surface area contributed by atoms with Crippen molar-refractivity contribution in [2.75, 3.05) is 6.54 Å². The van der Waals surface area contributed by atoms with Crippen molar-refractivity contribution in [2.45, 2.75) is 38.5 Å². The molecule has 0 unspecified atom stereocenters. The van der Waals surface area contributed by atoms with E-state index in [1.807, 2.05) is 0 Å². The van der Waals surface area contributed by atoms with Crippen LogP contribution in [0.2, 0.25) is 0 Å². The third-order valence-electron chi connectivity index (χ3n) is 3.18. The van der Waals surface area contributed by atoms with E-state index in [2.05, 4.69) is 23.7 Å². The molecule has 13 heavy (non-hydrogen) atoms. The first-order chi connectivity index (χ1) is 6.47. The Bertz CT molecular complexity index is 207. The highest BCUT2D eigenvalue weighted by Gasteiger charge is 2.15. The van der Waals surface area contributed by atoms with Gasteiger partial charge in [0.15, 0.2) is 0 Å². The molecule has 1 fully saturated rings. The zero-order valence-electron chi connectivity index (χ0n) is 8.26. The van der Waals surface area contributed by atoms with E-state index < -0.39 is 0 Å². The number of rotatable bonds is 1. The zero-order valence-corrected chi connectivity index (χ0v) is 8.26. The average molecular weight is 177 g/mol. The van der Waals surface area contributed by atoms with Crippen molar-refractivity contribution in [1.29, 1.82) is 0 Å². The minimum Gasteiger partial charge on any atom is -0.387 e. The first-order valence-corrected chi connectivity index (χ1v) is 5.57. The van der Waals surface area contributed by atoms with Gasteiger partial charge in [-0.05, 0) is 36.6 Å². The molecular weight excluding hydrogens is 158 g/mol. The van der Waals surface area contributed by atoms with Gasteiger partial charge in [-0.25, -0.2) is 0 Å². The lowest BCUT2D eigenvalue weighted by Gasteiger charge is -2.18. The normalized spacial score (nSPS) is 24.8. The van der Waals surface area contributed by atoms with Gasteiger partial charge in [-0.3, -0.25) is 0 Å². The maximum atomic E-state index is 3.21. The lowest BCUT2D eigenvalue weighted by molar-refractivity contribution is 0.536. The summed E-state index contributed by atoms with van der Waals surface area (Å²) < 4.78 is 0. The van der Waals surface area contributed by atoms with E-state index in [1.54, 1.807) is 5.57 Å². The predicted molar refractivity (Wildman–Crippen MR) is 56.4 cm³/mol. The molecular formula is C12H19N. The summed E-state index contributed by atoms with van der Waals surface area (Å²) in [7, 11) is 0. The SMILES string of the molecule is C1=CC(C2CCCCCC2)=CCN1. The minimum atomic E-state index is 0.862. The van der Waals surface area contributed by atoms with Gasteiger partial charge in [0.2, 0.25) is 0 Å². The number of nitrogens with one attached hydrogen (secondary N) is 1. The lowest BCUT2D eigenvalue weighted by atomic mass is 9.90. The maximum Gasteiger partial charge on any atom is 0.0331 e. The summed E-state index contributed by atoms with van der Waals surface area (Å²) >= 11 is 0. The van der Waals surface area contributed by atoms with E-state index in [-0.39, 0.29) is 0 Å². The van der Waals surface area contributed by atoms with Crippen molar-refractivity contribution in [3.63, 3.8) is 0 Å². The third-order valence-corrected chi connectivity index (χ3v) is 3.18. The molecule has 1 saturated carbocycles. The molecule has 0 spiro atoms. The van der Waals surface area contributed by atoms with Crippen molar-refractivity contribution < 1.29 is 0 Å². The first-order valence-electron chi connectivity index (χ1n) is 5.57. The Kier molecular flexibility index (Phi) is 3.07. The van der Waals surface area contributed by atoms with E-state index in [0.29, 0.717) is 0 Å². The molecule has 2 rings (SSSR count). The number of allylic oxidation sites excluding steroid dienone is 2. The van der Waals surface area contributed by atoms with Crippen LogP contribution in [0.3, 0.4) is 0 Å². The predicted octanol–water partition coefficient (Wildman–Crippen LogP) is 3.00. The standard InChI is InChI=1S/C12H19N/c1-2-4-6-11(5-3-1)12-7-9-13-10-8-12/h7-9,11,13H,1-6,10H2. The van der Waals surface area contributed by atoms with Gasteiger partial charge < -0.3 is 5.32 Å². The van der Waals surface area contributed by atoms with Crippen LogP contribution >= 0.6 is 0 Å². The van der Waals surface area contributed by atoms with Gasteiger partial charge in [0, 0.05) is 6.54 Å². The van der Waals surface area contributed by atoms with E-state index in [0.717, 1.165) is 12.5 Å². The summed E-state index contributed by atoms with van der Waals surface area (Å²) in [6.45, 7) is 1.03. The summed E-state index contributed by atoms with van der Waals surface area (Å²) in [4.78, 5) is 0. The van der Waals surface area contributed by atoms with E-state index in [1.165, 1.54) is 38.5 Å². The second-order valence-corrected chi connectivity index (χ2v) is 4.13. The smallest absolute Gasteiger partial charge is 0.0331 e. The topological polar surface area (TPSA) is 12.0 Å². The van der Waals surface area contributed by atoms with Crippen molar-refractivity contribution in [1.82, 2.24) is 5.32 Å². The van der Waals surface area contributed by atoms with Crippen LogP contribution in [0.25, 0.3) is 0 Å². The highest BCUT2D eigenvalue weighted by Crippen LogP contribution is 2.29. The summed E-state index contributed by atoms with van der Waals surface area (Å²) in [6.07, 6.45) is 15.3. The summed E-state index contributed by atoms with van der Waals surface area (Å²) in [6, 6.07) is 0. The van der Waals surface area contributed by atoms with Crippen LogP contribution in [0.4, 0.5) is 0 Å². The van der Waals surface area contributed by atoms with Gasteiger partial charge in [-0.1, -0.05) is 31.8 Å². The molecule has 0 amide bonds. The molecule has 1 N–H and O–H groups in total. The molecule has 1 heteroatoms. The molecule has 0 radical (unpaired) electrons. The van der Waals surface area contributed by atoms with Crippen LogP contribution in [0, 0.1) is 5.92 Å². The molecule has 0 aromatic rings. The number of dihydropyridines is 1. The van der Waals surface area contributed by atoms with Crippen molar-refractivity contribution in [2.24, 2.45) is 5.92 Å². The largest absolute Gasteiger partial charge is 0.387 e. The Labute approximate surface area is 80.9 Å². The van der Waals surface area contributed by atoms with Gasteiger partial charge >= 0.3 is 0 Å². The minimum absolute atomic E-state index is 0.862. The van der Waals surface area contributed by atoms with Crippen LogP contribution in [-0.2, 0) is 0 Å². The molecule has 1 aliphatic carbocycles. The fourth-order valence-corrected chi connectivity index (χ4v) is 2.38. The Balaban J connectivity index is 1.97. The molecule has 0 bridgehead atoms. The number of hydrogen-bond donors (Lipinski definition) is 1. The van der Waals surface area contributed by atoms with E-state index >= 15 is 0 Å². The van der Waals surface area contributed by atoms with Crippen LogP contribution in [0.15, 0.2) is 23.9 Å². The number of hydrogen-bond acceptors (Lipinski definition) is 1. The van der Waals surface area contributed by atoms with E-state index in [9.17, 15) is 0 Å². The Morgan fingerprint density at radius 3 is 2.46 bits per heavy atom. The summed E-state index contributed by atoms with van der Waals surface area (Å²) in [5, 5.41) is 3.21. The molecule has 1 aliphatic heterocycles. The monoisotopic (exact) mass is 177 g/mol. The fraction of sp³-hybridized carbons (Fsp3) is 0.667. The second-order valence-electron chi connectivity index (χ2n) is 4.13. The fourth-order valence-electron chi connectivity index (χ4n) is 2.38. The molecule has 0 saturated heterocycles. The molecule has 2 aliphatic rings.